The second kappa shape index (κ2) is 7.83. The SMILES string of the molecule is C=C1C(=O)O[C@H]2[C@H]1[C@@H](O)C/C(C)=C/C(=O)/C=C(/C)[C@H]2OC(=O)/C(C)=C\C. The third-order valence-electron chi connectivity index (χ3n) is 4.70. The van der Waals surface area contributed by atoms with Gasteiger partial charge in [0.1, 0.15) is 0 Å². The van der Waals surface area contributed by atoms with Crippen LogP contribution in [0, 0.1) is 5.92 Å². The Balaban J connectivity index is 2.52. The first-order valence-corrected chi connectivity index (χ1v) is 8.46. The zero-order chi connectivity index (χ0) is 19.6. The van der Waals surface area contributed by atoms with E-state index >= 15 is 0 Å². The summed E-state index contributed by atoms with van der Waals surface area (Å²) in [5, 5.41) is 10.6. The minimum atomic E-state index is -0.990. The van der Waals surface area contributed by atoms with E-state index in [1.54, 1.807) is 33.8 Å². The highest BCUT2D eigenvalue weighted by molar-refractivity contribution is 6.00. The number of esters is 2. The van der Waals surface area contributed by atoms with Crippen LogP contribution in [-0.4, -0.2) is 41.1 Å². The number of rotatable bonds is 2. The second-order valence-electron chi connectivity index (χ2n) is 6.77. The number of hydrogen-bond acceptors (Lipinski definition) is 6. The molecule has 1 aliphatic carbocycles. The molecule has 0 bridgehead atoms. The van der Waals surface area contributed by atoms with Crippen LogP contribution < -0.4 is 0 Å². The summed E-state index contributed by atoms with van der Waals surface area (Å²) in [6.07, 6.45) is 1.65. The molecule has 0 radical (unpaired) electrons. The third-order valence-corrected chi connectivity index (χ3v) is 4.70. The van der Waals surface area contributed by atoms with Gasteiger partial charge in [-0.3, -0.25) is 4.79 Å². The van der Waals surface area contributed by atoms with Gasteiger partial charge >= 0.3 is 11.9 Å². The Morgan fingerprint density at radius 2 is 2.00 bits per heavy atom. The fourth-order valence-electron chi connectivity index (χ4n) is 3.16. The predicted octanol–water partition coefficient (Wildman–Crippen LogP) is 2.19. The largest absolute Gasteiger partial charge is 0.454 e. The van der Waals surface area contributed by atoms with Crippen molar-refractivity contribution in [3.63, 3.8) is 0 Å². The number of allylic oxidation sites excluding steroid dienone is 3. The molecule has 2 aliphatic rings. The van der Waals surface area contributed by atoms with Crippen molar-refractivity contribution in [2.75, 3.05) is 0 Å². The van der Waals surface area contributed by atoms with Gasteiger partial charge in [-0.1, -0.05) is 18.2 Å². The summed E-state index contributed by atoms with van der Waals surface area (Å²) in [5.41, 5.74) is 1.64. The van der Waals surface area contributed by atoms with Gasteiger partial charge in [0.2, 0.25) is 0 Å². The van der Waals surface area contributed by atoms with E-state index in [1.165, 1.54) is 12.2 Å². The van der Waals surface area contributed by atoms with Crippen molar-refractivity contribution in [1.29, 1.82) is 0 Å². The average Bonchev–Trinajstić information content (AvgIpc) is 2.85. The van der Waals surface area contributed by atoms with E-state index in [9.17, 15) is 19.5 Å². The Morgan fingerprint density at radius 3 is 2.62 bits per heavy atom. The number of carbonyl (C=O) groups excluding carboxylic acids is 3. The number of aliphatic hydroxyl groups excluding tert-OH is 1. The lowest BCUT2D eigenvalue weighted by molar-refractivity contribution is -0.157. The molecule has 6 heteroatoms. The summed E-state index contributed by atoms with van der Waals surface area (Å²) in [5.74, 6) is -2.23. The molecule has 1 saturated heterocycles. The smallest absolute Gasteiger partial charge is 0.334 e. The number of aliphatic hydroxyl groups is 1. The molecule has 140 valence electrons. The zero-order valence-electron chi connectivity index (χ0n) is 15.4. The summed E-state index contributed by atoms with van der Waals surface area (Å²) in [6, 6.07) is 0. The van der Waals surface area contributed by atoms with Gasteiger partial charge < -0.3 is 14.6 Å². The van der Waals surface area contributed by atoms with Crippen LogP contribution in [0.1, 0.15) is 34.1 Å². The molecule has 6 nitrogen and oxygen atoms in total. The van der Waals surface area contributed by atoms with Gasteiger partial charge in [0.05, 0.1) is 12.0 Å². The topological polar surface area (TPSA) is 89.9 Å². The van der Waals surface area contributed by atoms with Gasteiger partial charge in [0.15, 0.2) is 18.0 Å². The summed E-state index contributed by atoms with van der Waals surface area (Å²) in [4.78, 5) is 36.5. The molecule has 26 heavy (non-hydrogen) atoms. The van der Waals surface area contributed by atoms with Crippen molar-refractivity contribution < 1.29 is 29.0 Å². The van der Waals surface area contributed by atoms with E-state index in [2.05, 4.69) is 6.58 Å². The average molecular weight is 360 g/mol. The lowest BCUT2D eigenvalue weighted by Gasteiger charge is -2.30. The number of ether oxygens (including phenoxy) is 2. The van der Waals surface area contributed by atoms with E-state index in [0.717, 1.165) is 0 Å². The Morgan fingerprint density at radius 1 is 1.35 bits per heavy atom. The monoisotopic (exact) mass is 360 g/mol. The quantitative estimate of drug-likeness (QED) is 0.600. The van der Waals surface area contributed by atoms with Crippen LogP contribution in [0.4, 0.5) is 0 Å². The molecular weight excluding hydrogens is 336 g/mol. The molecule has 4 atom stereocenters. The van der Waals surface area contributed by atoms with Gasteiger partial charge in [0, 0.05) is 11.1 Å². The molecular formula is C20H24O6. The van der Waals surface area contributed by atoms with Gasteiger partial charge in [-0.15, -0.1) is 0 Å². The lowest BCUT2D eigenvalue weighted by Crippen LogP contribution is -2.41. The molecule has 2 rings (SSSR count). The van der Waals surface area contributed by atoms with Crippen molar-refractivity contribution in [3.8, 4) is 0 Å². The number of fused-ring (bicyclic) bond motifs is 1. The van der Waals surface area contributed by atoms with E-state index in [0.29, 0.717) is 16.7 Å². The highest BCUT2D eigenvalue weighted by Gasteiger charge is 2.48. The lowest BCUT2D eigenvalue weighted by atomic mass is 9.83. The van der Waals surface area contributed by atoms with Crippen LogP contribution in [0.15, 0.2) is 47.1 Å². The molecule has 0 spiro atoms. The standard InChI is InChI=1S/C20H24O6/c1-6-11(3)19(23)25-17-12(4)9-14(21)7-10(2)8-15(22)16-13(5)20(24)26-18(16)17/h6-7,9,15-18,22H,5,8H2,1-4H3/b10-7+,11-6-,12-9-/t15-,16+,17+,18-/m0/s1. The van der Waals surface area contributed by atoms with Crippen LogP contribution >= 0.6 is 0 Å². The van der Waals surface area contributed by atoms with E-state index in [-0.39, 0.29) is 17.8 Å². The first-order chi connectivity index (χ1) is 12.1. The van der Waals surface area contributed by atoms with E-state index in [4.69, 9.17) is 9.47 Å². The molecule has 0 aromatic heterocycles. The van der Waals surface area contributed by atoms with Crippen LogP contribution in [-0.2, 0) is 23.9 Å². The fourth-order valence-corrected chi connectivity index (χ4v) is 3.16. The van der Waals surface area contributed by atoms with Gasteiger partial charge in [0.25, 0.3) is 0 Å². The van der Waals surface area contributed by atoms with Gasteiger partial charge in [-0.2, -0.15) is 0 Å². The molecule has 0 saturated carbocycles. The molecule has 0 amide bonds. The van der Waals surface area contributed by atoms with Crippen LogP contribution in [0.25, 0.3) is 0 Å². The summed E-state index contributed by atoms with van der Waals surface area (Å²) in [7, 11) is 0. The maximum atomic E-state index is 12.3. The molecule has 1 aliphatic heterocycles. The maximum absolute atomic E-state index is 12.3. The first-order valence-electron chi connectivity index (χ1n) is 8.46. The van der Waals surface area contributed by atoms with Crippen molar-refractivity contribution in [3.05, 3.63) is 47.1 Å². The second-order valence-corrected chi connectivity index (χ2v) is 6.77. The minimum absolute atomic E-state index is 0.138. The molecule has 0 unspecified atom stereocenters. The Hall–Kier alpha value is -2.47. The minimum Gasteiger partial charge on any atom is -0.454 e. The van der Waals surface area contributed by atoms with Crippen LogP contribution in [0.5, 0.6) is 0 Å². The third kappa shape index (κ3) is 4.02. The number of carbonyl (C=O) groups is 3. The normalized spacial score (nSPS) is 34.2. The fraction of sp³-hybridized carbons (Fsp3) is 0.450. The Bertz CT molecular complexity index is 739. The van der Waals surface area contributed by atoms with Crippen molar-refractivity contribution in [1.82, 2.24) is 0 Å². The molecule has 1 N–H and O–H groups in total. The van der Waals surface area contributed by atoms with E-state index in [1.807, 2.05) is 0 Å². The van der Waals surface area contributed by atoms with Crippen molar-refractivity contribution in [2.24, 2.45) is 5.92 Å². The molecule has 0 aromatic rings. The van der Waals surface area contributed by atoms with Gasteiger partial charge in [-0.25, -0.2) is 9.59 Å². The Kier molecular flexibility index (Phi) is 5.97. The summed E-state index contributed by atoms with van der Waals surface area (Å²) in [6.45, 7) is 10.4. The highest BCUT2D eigenvalue weighted by atomic mass is 16.6. The molecule has 1 fully saturated rings. The predicted molar refractivity (Wildman–Crippen MR) is 95.0 cm³/mol. The highest BCUT2D eigenvalue weighted by Crippen LogP contribution is 2.37. The van der Waals surface area contributed by atoms with Crippen molar-refractivity contribution in [2.45, 2.75) is 52.4 Å². The first kappa shape index (κ1) is 19.8. The number of hydrogen-bond donors (Lipinski definition) is 1. The number of ketones is 1. The van der Waals surface area contributed by atoms with Gasteiger partial charge in [-0.05, 0) is 51.8 Å². The van der Waals surface area contributed by atoms with Crippen LogP contribution in [0.2, 0.25) is 0 Å². The van der Waals surface area contributed by atoms with E-state index < -0.39 is 36.2 Å². The summed E-state index contributed by atoms with van der Waals surface area (Å²) >= 11 is 0. The van der Waals surface area contributed by atoms with Crippen LogP contribution in [0.3, 0.4) is 0 Å². The van der Waals surface area contributed by atoms with Crippen molar-refractivity contribution >= 4 is 17.7 Å². The molecule has 0 aromatic carbocycles. The maximum Gasteiger partial charge on any atom is 0.334 e. The summed E-state index contributed by atoms with van der Waals surface area (Å²) < 4.78 is 10.9. The molecule has 1 heterocycles. The Labute approximate surface area is 152 Å². The zero-order valence-corrected chi connectivity index (χ0v) is 15.4.